The van der Waals surface area contributed by atoms with Crippen molar-refractivity contribution in [1.29, 1.82) is 0 Å². The molecular formula is C22H25N5O2S. The van der Waals surface area contributed by atoms with E-state index in [9.17, 15) is 4.79 Å². The van der Waals surface area contributed by atoms with E-state index in [1.165, 1.54) is 11.3 Å². The molecule has 2 atom stereocenters. The van der Waals surface area contributed by atoms with Crippen molar-refractivity contribution in [2.24, 2.45) is 5.92 Å². The zero-order chi connectivity index (χ0) is 20.8. The van der Waals surface area contributed by atoms with Crippen LogP contribution >= 0.6 is 11.3 Å². The van der Waals surface area contributed by atoms with E-state index in [1.807, 2.05) is 49.4 Å². The number of nitrogens with zero attached hydrogens (tertiary/aromatic N) is 5. The second-order valence-electron chi connectivity index (χ2n) is 7.37. The number of hydrogen-bond donors (Lipinski definition) is 0. The van der Waals surface area contributed by atoms with Crippen LogP contribution in [0.4, 0.5) is 5.82 Å². The van der Waals surface area contributed by atoms with Gasteiger partial charge in [0.2, 0.25) is 0 Å². The summed E-state index contributed by atoms with van der Waals surface area (Å²) in [5.74, 6) is 1.44. The molecule has 0 unspecified atom stereocenters. The van der Waals surface area contributed by atoms with Crippen molar-refractivity contribution in [3.63, 3.8) is 0 Å². The van der Waals surface area contributed by atoms with Gasteiger partial charge in [0.1, 0.15) is 16.1 Å². The van der Waals surface area contributed by atoms with Crippen LogP contribution in [0, 0.1) is 5.92 Å². The van der Waals surface area contributed by atoms with Crippen LogP contribution in [-0.4, -0.2) is 45.9 Å². The van der Waals surface area contributed by atoms with E-state index in [4.69, 9.17) is 4.74 Å². The van der Waals surface area contributed by atoms with Crippen molar-refractivity contribution in [3.05, 3.63) is 64.2 Å². The van der Waals surface area contributed by atoms with E-state index >= 15 is 0 Å². The van der Waals surface area contributed by atoms with E-state index in [2.05, 4.69) is 25.3 Å². The summed E-state index contributed by atoms with van der Waals surface area (Å²) in [4.78, 5) is 15.1. The smallest absolute Gasteiger partial charge is 0.172 e. The van der Waals surface area contributed by atoms with Crippen molar-refractivity contribution < 1.29 is 9.53 Å². The summed E-state index contributed by atoms with van der Waals surface area (Å²) in [7, 11) is 0. The van der Waals surface area contributed by atoms with Crippen molar-refractivity contribution in [3.8, 4) is 0 Å². The molecule has 1 aliphatic rings. The molecule has 3 heterocycles. The Morgan fingerprint density at radius 3 is 2.77 bits per heavy atom. The highest BCUT2D eigenvalue weighted by atomic mass is 32.1. The van der Waals surface area contributed by atoms with Gasteiger partial charge in [0.15, 0.2) is 11.6 Å². The van der Waals surface area contributed by atoms with Crippen molar-refractivity contribution in [1.82, 2.24) is 20.4 Å². The number of Topliss-reactive ketones (excluding diaryl/α,β-unsaturated/α-hetero) is 1. The molecule has 0 spiro atoms. The van der Waals surface area contributed by atoms with Crippen LogP contribution in [0.2, 0.25) is 0 Å². The fraction of sp³-hybridized carbons (Fsp3) is 0.409. The Balaban J connectivity index is 1.34. The zero-order valence-corrected chi connectivity index (χ0v) is 17.8. The Hall–Kier alpha value is -2.71. The largest absolute Gasteiger partial charge is 0.366 e. The summed E-state index contributed by atoms with van der Waals surface area (Å²) in [6.07, 6.45) is 3.34. The van der Waals surface area contributed by atoms with Crippen LogP contribution in [-0.2, 0) is 22.4 Å². The first-order valence-corrected chi connectivity index (χ1v) is 11.1. The molecule has 1 fully saturated rings. The number of carbonyl (C=O) groups is 1. The lowest BCUT2D eigenvalue weighted by Gasteiger charge is -2.16. The molecule has 4 rings (SSSR count). The molecule has 1 aliphatic heterocycles. The van der Waals surface area contributed by atoms with Gasteiger partial charge in [-0.2, -0.15) is 5.10 Å². The van der Waals surface area contributed by atoms with Crippen molar-refractivity contribution in [2.75, 3.05) is 24.6 Å². The van der Waals surface area contributed by atoms with Gasteiger partial charge < -0.3 is 9.64 Å². The maximum atomic E-state index is 12.9. The predicted molar refractivity (Wildman–Crippen MR) is 115 cm³/mol. The Kier molecular flexibility index (Phi) is 6.76. The van der Waals surface area contributed by atoms with Gasteiger partial charge in [-0.25, -0.2) is 0 Å². The van der Waals surface area contributed by atoms with Crippen molar-refractivity contribution >= 4 is 22.9 Å². The second kappa shape index (κ2) is 9.86. The van der Waals surface area contributed by atoms with Gasteiger partial charge in [0, 0.05) is 32.3 Å². The number of ketones is 1. The monoisotopic (exact) mass is 423 g/mol. The minimum atomic E-state index is -0.557. The van der Waals surface area contributed by atoms with Gasteiger partial charge in [-0.3, -0.25) is 4.79 Å². The zero-order valence-electron chi connectivity index (χ0n) is 17.0. The third kappa shape index (κ3) is 5.06. The van der Waals surface area contributed by atoms with E-state index in [1.54, 1.807) is 6.20 Å². The third-order valence-corrected chi connectivity index (χ3v) is 6.14. The standard InChI is InChI=1S/C22H25N5O2S/c1-2-29-22(17-7-4-3-5-8-17)18(28)14-21-26-25-20(30-21)13-16-10-12-27(15-16)19-9-6-11-23-24-19/h3-9,11,16,22H,2,10,12-15H2,1H3/t16-,22+/m0/s1. The summed E-state index contributed by atoms with van der Waals surface area (Å²) in [5.41, 5.74) is 0.879. The third-order valence-electron chi connectivity index (χ3n) is 5.19. The number of carbonyl (C=O) groups excluding carboxylic acids is 1. The van der Waals surface area contributed by atoms with Crippen molar-refractivity contribution in [2.45, 2.75) is 32.3 Å². The SMILES string of the molecule is CCO[C@@H](C(=O)Cc1nnc(C[C@@H]2CCN(c3cccnn3)C2)s1)c1ccccc1. The lowest BCUT2D eigenvalue weighted by Crippen LogP contribution is -2.21. The quantitative estimate of drug-likeness (QED) is 0.522. The number of anilines is 1. The molecule has 1 saturated heterocycles. The Morgan fingerprint density at radius 2 is 2.00 bits per heavy atom. The van der Waals surface area contributed by atoms with Gasteiger partial charge in [-0.05, 0) is 37.0 Å². The van der Waals surface area contributed by atoms with Crippen LogP contribution in [0.3, 0.4) is 0 Å². The lowest BCUT2D eigenvalue weighted by atomic mass is 10.0. The molecule has 0 radical (unpaired) electrons. The molecule has 0 N–H and O–H groups in total. The van der Waals surface area contributed by atoms with E-state index < -0.39 is 6.10 Å². The minimum Gasteiger partial charge on any atom is -0.366 e. The summed E-state index contributed by atoms with van der Waals surface area (Å²) >= 11 is 1.53. The highest BCUT2D eigenvalue weighted by Gasteiger charge is 2.26. The molecule has 30 heavy (non-hydrogen) atoms. The fourth-order valence-corrected chi connectivity index (χ4v) is 4.74. The first-order valence-electron chi connectivity index (χ1n) is 10.3. The second-order valence-corrected chi connectivity index (χ2v) is 8.51. The molecule has 0 bridgehead atoms. The van der Waals surface area contributed by atoms with E-state index in [0.29, 0.717) is 12.5 Å². The normalized spacial score (nSPS) is 17.2. The number of benzene rings is 1. The molecule has 1 aromatic carbocycles. The van der Waals surface area contributed by atoms with Gasteiger partial charge in [-0.15, -0.1) is 26.6 Å². The number of aromatic nitrogens is 4. The number of hydrogen-bond acceptors (Lipinski definition) is 8. The Bertz CT molecular complexity index is 950. The molecule has 0 saturated carbocycles. The first kappa shape index (κ1) is 20.6. The van der Waals surface area contributed by atoms with Gasteiger partial charge in [0.05, 0.1) is 6.42 Å². The molecule has 7 nitrogen and oxygen atoms in total. The van der Waals surface area contributed by atoms with Crippen LogP contribution < -0.4 is 4.90 Å². The number of ether oxygens (including phenoxy) is 1. The molecule has 0 amide bonds. The van der Waals surface area contributed by atoms with Crippen LogP contribution in [0.25, 0.3) is 0 Å². The molecule has 3 aromatic rings. The predicted octanol–water partition coefficient (Wildman–Crippen LogP) is 3.29. The molecular weight excluding hydrogens is 398 g/mol. The van der Waals surface area contributed by atoms with Gasteiger partial charge >= 0.3 is 0 Å². The first-order chi connectivity index (χ1) is 14.7. The van der Waals surface area contributed by atoms with Gasteiger partial charge in [0.25, 0.3) is 0 Å². The highest BCUT2D eigenvalue weighted by Crippen LogP contribution is 2.26. The topological polar surface area (TPSA) is 81.1 Å². The maximum Gasteiger partial charge on any atom is 0.172 e. The molecule has 8 heteroatoms. The Labute approximate surface area is 180 Å². The molecule has 2 aromatic heterocycles. The fourth-order valence-electron chi connectivity index (χ4n) is 3.77. The van der Waals surface area contributed by atoms with Crippen LogP contribution in [0.5, 0.6) is 0 Å². The van der Waals surface area contributed by atoms with Crippen LogP contribution in [0.1, 0.15) is 35.0 Å². The van der Waals surface area contributed by atoms with Gasteiger partial charge in [-0.1, -0.05) is 30.3 Å². The minimum absolute atomic E-state index is 0.0143. The summed E-state index contributed by atoms with van der Waals surface area (Å²) in [6, 6.07) is 13.5. The number of rotatable bonds is 9. The average molecular weight is 424 g/mol. The summed E-state index contributed by atoms with van der Waals surface area (Å²) in [6.45, 7) is 4.29. The van der Waals surface area contributed by atoms with E-state index in [-0.39, 0.29) is 12.2 Å². The summed E-state index contributed by atoms with van der Waals surface area (Å²) < 4.78 is 5.72. The highest BCUT2D eigenvalue weighted by molar-refractivity contribution is 7.11. The van der Waals surface area contributed by atoms with Crippen LogP contribution in [0.15, 0.2) is 48.7 Å². The van der Waals surface area contributed by atoms with E-state index in [0.717, 1.165) is 47.3 Å². The summed E-state index contributed by atoms with van der Waals surface area (Å²) in [5, 5.41) is 18.5. The lowest BCUT2D eigenvalue weighted by molar-refractivity contribution is -0.130. The Morgan fingerprint density at radius 1 is 1.17 bits per heavy atom. The molecule has 156 valence electrons. The maximum absolute atomic E-state index is 12.9. The average Bonchev–Trinajstić information content (AvgIpc) is 3.43. The molecule has 0 aliphatic carbocycles.